The van der Waals surface area contributed by atoms with E-state index in [4.69, 9.17) is 21.1 Å². The van der Waals surface area contributed by atoms with Crippen LogP contribution in [-0.4, -0.2) is 41.9 Å². The Hall–Kier alpha value is -3.39. The highest BCUT2D eigenvalue weighted by atomic mass is 35.5. The Morgan fingerprint density at radius 1 is 0.917 bits per heavy atom. The van der Waals surface area contributed by atoms with E-state index in [0.717, 1.165) is 5.56 Å². The van der Waals surface area contributed by atoms with Crippen LogP contribution in [0.5, 0.6) is 5.75 Å². The lowest BCUT2D eigenvalue weighted by Crippen LogP contribution is -2.14. The fourth-order valence-corrected chi connectivity index (χ4v) is 3.35. The zero-order valence-corrected chi connectivity index (χ0v) is 21.9. The van der Waals surface area contributed by atoms with Gasteiger partial charge in [-0.3, -0.25) is 19.2 Å². The van der Waals surface area contributed by atoms with Gasteiger partial charge in [-0.2, -0.15) is 0 Å². The van der Waals surface area contributed by atoms with Gasteiger partial charge in [-0.15, -0.1) is 0 Å². The summed E-state index contributed by atoms with van der Waals surface area (Å²) < 4.78 is 10.3. The lowest BCUT2D eigenvalue weighted by molar-refractivity contribution is -0.144. The number of esters is 2. The largest absolute Gasteiger partial charge is 0.508 e. The quantitative estimate of drug-likeness (QED) is 0.386. The molecule has 9 heteroatoms. The molecule has 0 aliphatic carbocycles. The van der Waals surface area contributed by atoms with Gasteiger partial charge >= 0.3 is 11.9 Å². The summed E-state index contributed by atoms with van der Waals surface area (Å²) in [5.74, 6) is -1.27. The maximum atomic E-state index is 11.8. The number of aryl methyl sites for hydroxylation is 1. The van der Waals surface area contributed by atoms with Crippen molar-refractivity contribution in [2.24, 2.45) is 11.8 Å². The number of benzene rings is 2. The van der Waals surface area contributed by atoms with Crippen molar-refractivity contribution < 1.29 is 33.8 Å². The summed E-state index contributed by atoms with van der Waals surface area (Å²) in [5, 5.41) is 13.0. The molecule has 0 bridgehead atoms. The summed E-state index contributed by atoms with van der Waals surface area (Å²) >= 11 is 5.65. The van der Waals surface area contributed by atoms with Crippen LogP contribution in [0.2, 0.25) is 5.02 Å². The minimum Gasteiger partial charge on any atom is -0.508 e. The molecule has 0 fully saturated rings. The zero-order chi connectivity index (χ0) is 27.0. The molecule has 3 rings (SSSR count). The number of carbonyl (C=O) groups is 4. The Labute approximate surface area is 215 Å². The number of fused-ring (bicyclic) bond motifs is 1. The molecule has 194 valence electrons. The van der Waals surface area contributed by atoms with Crippen molar-refractivity contribution in [2.75, 3.05) is 18.5 Å². The van der Waals surface area contributed by atoms with E-state index >= 15 is 0 Å². The van der Waals surface area contributed by atoms with Crippen molar-refractivity contribution in [2.45, 2.75) is 47.5 Å². The van der Waals surface area contributed by atoms with E-state index < -0.39 is 11.7 Å². The second kappa shape index (κ2) is 13.1. The molecule has 2 N–H and O–H groups in total. The molecule has 1 heterocycles. The number of ether oxygens (including phenoxy) is 2. The number of rotatable bonds is 8. The molecule has 0 saturated heterocycles. The Bertz CT molecular complexity index is 1090. The average Bonchev–Trinajstić information content (AvgIpc) is 3.08. The number of aromatic hydroxyl groups is 1. The third kappa shape index (κ3) is 8.68. The van der Waals surface area contributed by atoms with Gasteiger partial charge in [0.25, 0.3) is 11.7 Å². The first-order valence-electron chi connectivity index (χ1n) is 11.6. The van der Waals surface area contributed by atoms with E-state index in [2.05, 4.69) is 5.32 Å². The topological polar surface area (TPSA) is 119 Å². The third-order valence-electron chi connectivity index (χ3n) is 5.04. The Morgan fingerprint density at radius 2 is 1.47 bits per heavy atom. The van der Waals surface area contributed by atoms with Gasteiger partial charge in [-0.25, -0.2) is 0 Å². The third-order valence-corrected chi connectivity index (χ3v) is 5.28. The van der Waals surface area contributed by atoms with Gasteiger partial charge in [0.15, 0.2) is 0 Å². The van der Waals surface area contributed by atoms with E-state index in [1.165, 1.54) is 12.1 Å². The number of anilines is 1. The van der Waals surface area contributed by atoms with Crippen molar-refractivity contribution in [3.63, 3.8) is 0 Å². The molecule has 8 nitrogen and oxygen atoms in total. The van der Waals surface area contributed by atoms with Crippen molar-refractivity contribution in [1.29, 1.82) is 0 Å². The molecule has 1 aliphatic heterocycles. The van der Waals surface area contributed by atoms with Crippen LogP contribution in [0.3, 0.4) is 0 Å². The van der Waals surface area contributed by atoms with Gasteiger partial charge in [0, 0.05) is 10.6 Å². The van der Waals surface area contributed by atoms with Crippen molar-refractivity contribution in [3.05, 3.63) is 57.6 Å². The lowest BCUT2D eigenvalue weighted by atomic mass is 10.00. The second-order valence-electron chi connectivity index (χ2n) is 9.39. The monoisotopic (exact) mass is 517 g/mol. The molecule has 36 heavy (non-hydrogen) atoms. The summed E-state index contributed by atoms with van der Waals surface area (Å²) in [7, 11) is 0. The maximum absolute atomic E-state index is 11.8. The van der Waals surface area contributed by atoms with Gasteiger partial charge < -0.3 is 19.9 Å². The number of hydrogen-bond acceptors (Lipinski definition) is 7. The Balaban J connectivity index is 0.000000313. The van der Waals surface area contributed by atoms with E-state index in [9.17, 15) is 24.3 Å². The van der Waals surface area contributed by atoms with Gasteiger partial charge in [0.05, 0.1) is 37.3 Å². The van der Waals surface area contributed by atoms with Crippen LogP contribution >= 0.6 is 11.6 Å². The molecular formula is C27H32ClNO7. The molecule has 2 aromatic rings. The number of nitrogens with one attached hydrogen (secondary N) is 1. The molecule has 0 spiro atoms. The molecule has 0 saturated carbocycles. The van der Waals surface area contributed by atoms with Crippen molar-refractivity contribution >= 4 is 40.9 Å². The van der Waals surface area contributed by atoms with Crippen LogP contribution in [0.15, 0.2) is 30.3 Å². The zero-order valence-electron chi connectivity index (χ0n) is 21.1. The summed E-state index contributed by atoms with van der Waals surface area (Å²) in [6.45, 7) is 10.4. The minimum absolute atomic E-state index is 0.00578. The van der Waals surface area contributed by atoms with E-state index in [0.29, 0.717) is 40.6 Å². The van der Waals surface area contributed by atoms with Crippen LogP contribution in [0.25, 0.3) is 0 Å². The normalized spacial score (nSPS) is 12.1. The number of hydrogen-bond donors (Lipinski definition) is 2. The molecule has 0 radical (unpaired) electrons. The highest BCUT2D eigenvalue weighted by Crippen LogP contribution is 2.26. The van der Waals surface area contributed by atoms with Crippen LogP contribution in [0.4, 0.5) is 5.69 Å². The molecular weight excluding hydrogens is 486 g/mol. The summed E-state index contributed by atoms with van der Waals surface area (Å²) in [6.07, 6.45) is 0.113. The number of phenols is 1. The van der Waals surface area contributed by atoms with Crippen LogP contribution in [0.1, 0.15) is 54.7 Å². The average molecular weight is 518 g/mol. The number of ketones is 1. The van der Waals surface area contributed by atoms with Gasteiger partial charge in [0.1, 0.15) is 5.75 Å². The standard InChI is InChI=1S/C19H28O5.C8H4ClNO2/c1-12(2)10-23-18(21)8-15-7-17(20)16(6-14(15)5)9-19(22)24-11-13(3)4;9-4-1-2-6-5(3-4)7(11)8(12)10-6/h6-7,12-13,20H,8-11H2,1-5H3;1-3H,(H,10,11,12). The first kappa shape index (κ1) is 28.8. The lowest BCUT2D eigenvalue weighted by Gasteiger charge is -2.12. The number of phenolic OH excluding ortho intramolecular Hbond substituents is 1. The van der Waals surface area contributed by atoms with Crippen LogP contribution in [-0.2, 0) is 36.7 Å². The Morgan fingerprint density at radius 3 is 2.03 bits per heavy atom. The first-order chi connectivity index (χ1) is 16.9. The maximum Gasteiger partial charge on any atom is 0.310 e. The SMILES string of the molecule is Cc1cc(CC(=O)OCC(C)C)c(O)cc1CC(=O)OCC(C)C.O=C1Nc2ccc(Cl)cc2C1=O. The van der Waals surface area contributed by atoms with E-state index in [1.807, 2.05) is 34.6 Å². The molecule has 0 aromatic heterocycles. The minimum atomic E-state index is -0.590. The Kier molecular flexibility index (Phi) is 10.5. The van der Waals surface area contributed by atoms with Gasteiger partial charge in [-0.1, -0.05) is 45.4 Å². The van der Waals surface area contributed by atoms with Crippen molar-refractivity contribution in [1.82, 2.24) is 0 Å². The fraction of sp³-hybridized carbons (Fsp3) is 0.407. The summed E-state index contributed by atoms with van der Waals surface area (Å²) in [6, 6.07) is 7.96. The summed E-state index contributed by atoms with van der Waals surface area (Å²) in [4.78, 5) is 45.5. The highest BCUT2D eigenvalue weighted by Gasteiger charge is 2.27. The van der Waals surface area contributed by atoms with Crippen LogP contribution < -0.4 is 5.32 Å². The smallest absolute Gasteiger partial charge is 0.310 e. The van der Waals surface area contributed by atoms with Gasteiger partial charge in [-0.05, 0) is 54.2 Å². The number of carbonyl (C=O) groups excluding carboxylic acids is 4. The number of Topliss-reactive ketones (excluding diaryl/α,β-unsaturated/α-hetero) is 1. The summed E-state index contributed by atoms with van der Waals surface area (Å²) in [5.41, 5.74) is 2.92. The second-order valence-corrected chi connectivity index (χ2v) is 9.82. The molecule has 1 aliphatic rings. The predicted octanol–water partition coefficient (Wildman–Crippen LogP) is 4.66. The first-order valence-corrected chi connectivity index (χ1v) is 12.0. The van der Waals surface area contributed by atoms with E-state index in [1.54, 1.807) is 18.2 Å². The van der Waals surface area contributed by atoms with Gasteiger partial charge in [0.2, 0.25) is 0 Å². The molecule has 0 unspecified atom stereocenters. The van der Waals surface area contributed by atoms with Crippen LogP contribution in [0, 0.1) is 18.8 Å². The number of amides is 1. The number of halogens is 1. The van der Waals surface area contributed by atoms with Crippen molar-refractivity contribution in [3.8, 4) is 5.75 Å². The highest BCUT2D eigenvalue weighted by molar-refractivity contribution is 6.52. The fourth-order valence-electron chi connectivity index (χ4n) is 3.18. The molecule has 0 atom stereocenters. The van der Waals surface area contributed by atoms with E-state index in [-0.39, 0.29) is 42.4 Å². The molecule has 1 amide bonds. The predicted molar refractivity (Wildman–Crippen MR) is 136 cm³/mol. The molecule has 2 aromatic carbocycles.